The highest BCUT2D eigenvalue weighted by atomic mass is 35.5. The van der Waals surface area contributed by atoms with Crippen molar-refractivity contribution in [2.24, 2.45) is 5.14 Å². The first kappa shape index (κ1) is 22.0. The number of hydrogen-bond acceptors (Lipinski definition) is 5. The number of benzene rings is 3. The Morgan fingerprint density at radius 1 is 0.900 bits per heavy atom. The fourth-order valence-electron chi connectivity index (χ4n) is 2.76. The van der Waals surface area contributed by atoms with E-state index in [2.05, 4.69) is 5.32 Å². The molecule has 0 saturated heterocycles. The van der Waals surface area contributed by atoms with Crippen LogP contribution in [0.1, 0.15) is 18.1 Å². The second kappa shape index (κ2) is 9.84. The summed E-state index contributed by atoms with van der Waals surface area (Å²) in [4.78, 5) is 0.0777. The van der Waals surface area contributed by atoms with Crippen LogP contribution in [-0.4, -0.2) is 15.0 Å². The molecule has 0 fully saturated rings. The van der Waals surface area contributed by atoms with Gasteiger partial charge in [-0.2, -0.15) is 0 Å². The van der Waals surface area contributed by atoms with Crippen LogP contribution >= 0.6 is 11.6 Å². The van der Waals surface area contributed by atoms with Gasteiger partial charge in [-0.15, -0.1) is 0 Å². The van der Waals surface area contributed by atoms with Gasteiger partial charge in [-0.25, -0.2) is 13.6 Å². The molecule has 0 aliphatic rings. The molecule has 0 radical (unpaired) electrons. The molecule has 0 heterocycles. The highest BCUT2D eigenvalue weighted by Gasteiger charge is 2.09. The molecule has 3 N–H and O–H groups in total. The van der Waals surface area contributed by atoms with Crippen molar-refractivity contribution in [3.05, 3.63) is 82.9 Å². The van der Waals surface area contributed by atoms with E-state index in [1.165, 1.54) is 12.1 Å². The van der Waals surface area contributed by atoms with Crippen LogP contribution in [-0.2, 0) is 23.2 Å². The third-order valence-corrected chi connectivity index (χ3v) is 5.48. The number of hydrogen-bond donors (Lipinski definition) is 2. The minimum atomic E-state index is -3.70. The lowest BCUT2D eigenvalue weighted by Crippen LogP contribution is -2.12. The Hall–Kier alpha value is -2.74. The molecule has 0 aliphatic carbocycles. The number of nitrogens with one attached hydrogen (secondary N) is 1. The summed E-state index contributed by atoms with van der Waals surface area (Å²) in [5.41, 5.74) is 2.78. The molecule has 0 bridgehead atoms. The Kier molecular flexibility index (Phi) is 7.20. The highest BCUT2D eigenvalue weighted by Crippen LogP contribution is 2.30. The zero-order chi connectivity index (χ0) is 21.6. The largest absolute Gasteiger partial charge is 0.490 e. The third kappa shape index (κ3) is 6.13. The van der Waals surface area contributed by atoms with Crippen LogP contribution in [0.4, 0.5) is 5.69 Å². The molecule has 0 aliphatic heterocycles. The number of rotatable bonds is 9. The van der Waals surface area contributed by atoms with E-state index in [9.17, 15) is 8.42 Å². The van der Waals surface area contributed by atoms with Gasteiger partial charge in [0.2, 0.25) is 10.0 Å². The number of sulfonamides is 1. The van der Waals surface area contributed by atoms with Gasteiger partial charge in [0.1, 0.15) is 6.61 Å². The second-order valence-corrected chi connectivity index (χ2v) is 8.55. The molecule has 3 aromatic rings. The summed E-state index contributed by atoms with van der Waals surface area (Å²) in [5, 5.41) is 9.05. The SMILES string of the molecule is CCOc1cc(CNc2ccc(S(N)(=O)=O)cc2)ccc1OCc1ccc(Cl)cc1. The van der Waals surface area contributed by atoms with Gasteiger partial charge >= 0.3 is 0 Å². The molecule has 6 nitrogen and oxygen atoms in total. The van der Waals surface area contributed by atoms with E-state index in [-0.39, 0.29) is 4.90 Å². The molecule has 0 saturated carbocycles. The van der Waals surface area contributed by atoms with Crippen molar-refractivity contribution in [3.63, 3.8) is 0 Å². The maximum Gasteiger partial charge on any atom is 0.238 e. The first-order valence-electron chi connectivity index (χ1n) is 9.35. The molecule has 30 heavy (non-hydrogen) atoms. The molecule has 0 aromatic heterocycles. The quantitative estimate of drug-likeness (QED) is 0.502. The predicted molar refractivity (Wildman–Crippen MR) is 119 cm³/mol. The van der Waals surface area contributed by atoms with Crippen molar-refractivity contribution in [1.82, 2.24) is 0 Å². The fraction of sp³-hybridized carbons (Fsp3) is 0.182. The van der Waals surface area contributed by atoms with Crippen molar-refractivity contribution in [2.45, 2.75) is 25.0 Å². The van der Waals surface area contributed by atoms with Crippen molar-refractivity contribution >= 4 is 27.3 Å². The van der Waals surface area contributed by atoms with Gasteiger partial charge in [0.25, 0.3) is 0 Å². The van der Waals surface area contributed by atoms with E-state index in [1.807, 2.05) is 49.4 Å². The summed E-state index contributed by atoms with van der Waals surface area (Å²) >= 11 is 5.92. The van der Waals surface area contributed by atoms with Crippen LogP contribution in [0.2, 0.25) is 5.02 Å². The standard InChI is InChI=1S/C22H23ClN2O4S/c1-2-28-22-13-17(14-25-19-8-10-20(11-9-19)30(24,26)27)5-12-21(22)29-15-16-3-6-18(23)7-4-16/h3-13,25H,2,14-15H2,1H3,(H2,24,26,27). The minimum absolute atomic E-state index is 0.0777. The van der Waals surface area contributed by atoms with Gasteiger partial charge < -0.3 is 14.8 Å². The Morgan fingerprint density at radius 2 is 1.57 bits per heavy atom. The molecule has 0 atom stereocenters. The van der Waals surface area contributed by atoms with E-state index in [0.29, 0.717) is 36.3 Å². The lowest BCUT2D eigenvalue weighted by molar-refractivity contribution is 0.269. The summed E-state index contributed by atoms with van der Waals surface area (Å²) in [6.45, 7) is 3.38. The van der Waals surface area contributed by atoms with Gasteiger partial charge in [0.05, 0.1) is 11.5 Å². The average molecular weight is 447 g/mol. The Balaban J connectivity index is 1.65. The number of ether oxygens (including phenoxy) is 2. The monoisotopic (exact) mass is 446 g/mol. The Bertz CT molecular complexity index is 1090. The lowest BCUT2D eigenvalue weighted by atomic mass is 10.2. The lowest BCUT2D eigenvalue weighted by Gasteiger charge is -2.14. The van der Waals surface area contributed by atoms with Crippen molar-refractivity contribution in [3.8, 4) is 11.5 Å². The molecular weight excluding hydrogens is 424 g/mol. The number of primary sulfonamides is 1. The Labute approximate surface area is 181 Å². The highest BCUT2D eigenvalue weighted by molar-refractivity contribution is 7.89. The van der Waals surface area contributed by atoms with Crippen LogP contribution in [0.25, 0.3) is 0 Å². The zero-order valence-electron chi connectivity index (χ0n) is 16.5. The Morgan fingerprint density at radius 3 is 2.20 bits per heavy atom. The molecular formula is C22H23ClN2O4S. The zero-order valence-corrected chi connectivity index (χ0v) is 18.0. The molecule has 0 unspecified atom stereocenters. The van der Waals surface area contributed by atoms with E-state index >= 15 is 0 Å². The summed E-state index contributed by atoms with van der Waals surface area (Å²) in [6.07, 6.45) is 0. The molecule has 158 valence electrons. The first-order valence-corrected chi connectivity index (χ1v) is 11.3. The van der Waals surface area contributed by atoms with E-state index in [4.69, 9.17) is 26.2 Å². The third-order valence-electron chi connectivity index (χ3n) is 4.30. The number of halogens is 1. The van der Waals surface area contributed by atoms with Gasteiger partial charge in [-0.05, 0) is 66.6 Å². The van der Waals surface area contributed by atoms with Crippen molar-refractivity contribution < 1.29 is 17.9 Å². The topological polar surface area (TPSA) is 90.6 Å². The minimum Gasteiger partial charge on any atom is -0.490 e. The average Bonchev–Trinajstić information content (AvgIpc) is 2.72. The summed E-state index contributed by atoms with van der Waals surface area (Å²) < 4.78 is 34.3. The van der Waals surface area contributed by atoms with Gasteiger partial charge in [0.15, 0.2) is 11.5 Å². The smallest absolute Gasteiger partial charge is 0.238 e. The molecule has 8 heteroatoms. The van der Waals surface area contributed by atoms with Crippen molar-refractivity contribution in [1.29, 1.82) is 0 Å². The molecule has 3 rings (SSSR count). The van der Waals surface area contributed by atoms with Gasteiger partial charge in [-0.3, -0.25) is 0 Å². The van der Waals surface area contributed by atoms with Crippen LogP contribution in [0.3, 0.4) is 0 Å². The van der Waals surface area contributed by atoms with Crippen LogP contribution < -0.4 is 19.9 Å². The van der Waals surface area contributed by atoms with Crippen molar-refractivity contribution in [2.75, 3.05) is 11.9 Å². The van der Waals surface area contributed by atoms with Crippen LogP contribution in [0, 0.1) is 0 Å². The van der Waals surface area contributed by atoms with Crippen LogP contribution in [0.15, 0.2) is 71.6 Å². The maximum absolute atomic E-state index is 11.3. The summed E-state index contributed by atoms with van der Waals surface area (Å²) in [7, 11) is -3.70. The normalized spacial score (nSPS) is 11.2. The van der Waals surface area contributed by atoms with Crippen LogP contribution in [0.5, 0.6) is 11.5 Å². The molecule has 0 amide bonds. The maximum atomic E-state index is 11.3. The molecule has 3 aromatic carbocycles. The van der Waals surface area contributed by atoms with E-state index < -0.39 is 10.0 Å². The first-order chi connectivity index (χ1) is 14.3. The predicted octanol–water partition coefficient (Wildman–Crippen LogP) is 4.58. The number of anilines is 1. The van der Waals surface area contributed by atoms with Gasteiger partial charge in [0, 0.05) is 17.3 Å². The molecule has 0 spiro atoms. The second-order valence-electron chi connectivity index (χ2n) is 6.55. The van der Waals surface area contributed by atoms with E-state index in [1.54, 1.807) is 12.1 Å². The summed E-state index contributed by atoms with van der Waals surface area (Å²) in [5.74, 6) is 1.32. The number of nitrogens with two attached hydrogens (primary N) is 1. The summed E-state index contributed by atoms with van der Waals surface area (Å²) in [6, 6.07) is 19.5. The van der Waals surface area contributed by atoms with Gasteiger partial charge in [-0.1, -0.05) is 29.8 Å². The fourth-order valence-corrected chi connectivity index (χ4v) is 3.40. The van der Waals surface area contributed by atoms with E-state index in [0.717, 1.165) is 16.8 Å².